The van der Waals surface area contributed by atoms with Crippen molar-refractivity contribution in [2.45, 2.75) is 31.6 Å². The van der Waals surface area contributed by atoms with Gasteiger partial charge in [-0.3, -0.25) is 20.3 Å². The number of hydrazine groups is 1. The minimum absolute atomic E-state index is 0.0353. The van der Waals surface area contributed by atoms with Crippen molar-refractivity contribution < 1.29 is 9.59 Å². The molecule has 10 nitrogen and oxygen atoms in total. The van der Waals surface area contributed by atoms with Gasteiger partial charge in [0.05, 0.1) is 0 Å². The number of piperidine rings is 1. The van der Waals surface area contributed by atoms with E-state index in [4.69, 9.17) is 0 Å². The number of carbonyl (C=O) groups is 2. The fourth-order valence-corrected chi connectivity index (χ4v) is 3.59. The van der Waals surface area contributed by atoms with Gasteiger partial charge in [-0.25, -0.2) is 15.1 Å². The Balaban J connectivity index is 1.27. The van der Waals surface area contributed by atoms with E-state index in [1.165, 1.54) is 11.0 Å². The number of nitrogens with one attached hydrogen (secondary N) is 5. The summed E-state index contributed by atoms with van der Waals surface area (Å²) >= 11 is 0. The molecular formula is C18H24N8O2. The van der Waals surface area contributed by atoms with Crippen LogP contribution in [0, 0.1) is 5.92 Å². The molecule has 4 rings (SSSR count). The van der Waals surface area contributed by atoms with Crippen molar-refractivity contribution in [3.05, 3.63) is 42.2 Å². The third-order valence-corrected chi connectivity index (χ3v) is 5.07. The van der Waals surface area contributed by atoms with Gasteiger partial charge in [-0.2, -0.15) is 0 Å². The quantitative estimate of drug-likeness (QED) is 0.432. The van der Waals surface area contributed by atoms with E-state index in [0.717, 1.165) is 25.1 Å². The Morgan fingerprint density at radius 1 is 1.21 bits per heavy atom. The number of rotatable bonds is 6. The van der Waals surface area contributed by atoms with Crippen molar-refractivity contribution in [3.63, 3.8) is 0 Å². The molecule has 1 aromatic heterocycles. The highest BCUT2D eigenvalue weighted by atomic mass is 16.2. The number of anilines is 1. The molecule has 0 radical (unpaired) electrons. The number of carbonyl (C=O) groups excluding carboxylic acids is 2. The standard InChI is InChI=1S/C18H24N8O2/c27-15(20-8-12-4-2-1-3-5-12)10-26-11-21-18(25-26)22-17(28)16-13-9-19-7-6-14(13)23-24-16/h1-5,11,13-14,16,19,23-24H,6-10H2,(H,20,27)(H,22,25,28). The van der Waals surface area contributed by atoms with Gasteiger partial charge in [0, 0.05) is 25.0 Å². The first-order chi connectivity index (χ1) is 13.7. The van der Waals surface area contributed by atoms with E-state index in [1.54, 1.807) is 0 Å². The maximum Gasteiger partial charge on any atom is 0.248 e. The number of nitrogens with zero attached hydrogens (tertiary/aromatic N) is 3. The molecular weight excluding hydrogens is 360 g/mol. The predicted molar refractivity (Wildman–Crippen MR) is 102 cm³/mol. The highest BCUT2D eigenvalue weighted by Gasteiger charge is 2.41. The fraction of sp³-hybridized carbons (Fsp3) is 0.444. The summed E-state index contributed by atoms with van der Waals surface area (Å²) in [5, 5.41) is 13.0. The summed E-state index contributed by atoms with van der Waals surface area (Å²) in [4.78, 5) is 28.7. The molecule has 2 saturated heterocycles. The topological polar surface area (TPSA) is 125 Å². The van der Waals surface area contributed by atoms with Gasteiger partial charge in [-0.1, -0.05) is 30.3 Å². The van der Waals surface area contributed by atoms with E-state index in [2.05, 4.69) is 36.9 Å². The summed E-state index contributed by atoms with van der Waals surface area (Å²) in [5.74, 6) is 0.00821. The summed E-state index contributed by atoms with van der Waals surface area (Å²) in [6.07, 6.45) is 2.41. The SMILES string of the molecule is O=C(Cn1cnc(NC(=O)C2NNC3CCNCC32)n1)NCc1ccccc1. The monoisotopic (exact) mass is 384 g/mol. The van der Waals surface area contributed by atoms with Crippen molar-refractivity contribution in [1.29, 1.82) is 0 Å². The van der Waals surface area contributed by atoms with Crippen molar-refractivity contribution in [3.8, 4) is 0 Å². The molecule has 0 spiro atoms. The lowest BCUT2D eigenvalue weighted by Gasteiger charge is -2.27. The molecule has 10 heteroatoms. The number of aromatic nitrogens is 3. The number of hydrogen-bond donors (Lipinski definition) is 5. The van der Waals surface area contributed by atoms with E-state index < -0.39 is 0 Å². The molecule has 2 amide bonds. The first-order valence-electron chi connectivity index (χ1n) is 9.42. The summed E-state index contributed by atoms with van der Waals surface area (Å²) < 4.78 is 1.40. The van der Waals surface area contributed by atoms with Crippen LogP contribution in [0.4, 0.5) is 5.95 Å². The molecule has 3 unspecified atom stereocenters. The number of amides is 2. The molecule has 0 aliphatic carbocycles. The van der Waals surface area contributed by atoms with Gasteiger partial charge in [-0.15, -0.1) is 5.10 Å². The molecule has 1 aromatic carbocycles. The lowest BCUT2D eigenvalue weighted by Crippen LogP contribution is -2.47. The number of hydrogen-bond acceptors (Lipinski definition) is 7. The molecule has 2 aliphatic rings. The third-order valence-electron chi connectivity index (χ3n) is 5.07. The second kappa shape index (κ2) is 8.46. The van der Waals surface area contributed by atoms with Gasteiger partial charge in [0.2, 0.25) is 17.8 Å². The minimum atomic E-state index is -0.348. The Bertz CT molecular complexity index is 824. The summed E-state index contributed by atoms with van der Waals surface area (Å²) in [5.41, 5.74) is 7.27. The molecule has 2 aliphatic heterocycles. The Labute approximate surface area is 162 Å². The highest BCUT2D eigenvalue weighted by molar-refractivity contribution is 5.93. The van der Waals surface area contributed by atoms with Crippen molar-refractivity contribution >= 4 is 17.8 Å². The molecule has 0 bridgehead atoms. The normalized spacial score (nSPS) is 23.8. The van der Waals surface area contributed by atoms with Crippen LogP contribution in [-0.2, 0) is 22.7 Å². The van der Waals surface area contributed by atoms with Crippen molar-refractivity contribution in [2.75, 3.05) is 18.4 Å². The largest absolute Gasteiger partial charge is 0.350 e. The maximum atomic E-state index is 12.6. The highest BCUT2D eigenvalue weighted by Crippen LogP contribution is 2.20. The van der Waals surface area contributed by atoms with Gasteiger partial charge in [0.1, 0.15) is 18.9 Å². The molecule has 148 valence electrons. The van der Waals surface area contributed by atoms with E-state index in [0.29, 0.717) is 6.54 Å². The average molecular weight is 384 g/mol. The second-order valence-electron chi connectivity index (χ2n) is 7.05. The second-order valence-corrected chi connectivity index (χ2v) is 7.05. The summed E-state index contributed by atoms with van der Waals surface area (Å²) in [7, 11) is 0. The Morgan fingerprint density at radius 2 is 2.07 bits per heavy atom. The first-order valence-corrected chi connectivity index (χ1v) is 9.42. The van der Waals surface area contributed by atoms with Crippen LogP contribution in [-0.4, -0.2) is 51.8 Å². The molecule has 2 fully saturated rings. The molecule has 3 atom stereocenters. The Morgan fingerprint density at radius 3 is 2.93 bits per heavy atom. The molecule has 5 N–H and O–H groups in total. The van der Waals surface area contributed by atoms with Crippen molar-refractivity contribution in [1.82, 2.24) is 36.2 Å². The molecule has 3 heterocycles. The predicted octanol–water partition coefficient (Wildman–Crippen LogP) is -1.01. The average Bonchev–Trinajstić information content (AvgIpc) is 3.34. The lowest BCUT2D eigenvalue weighted by molar-refractivity contribution is -0.122. The summed E-state index contributed by atoms with van der Waals surface area (Å²) in [6.45, 7) is 2.22. The zero-order valence-corrected chi connectivity index (χ0v) is 15.4. The number of benzene rings is 1. The maximum absolute atomic E-state index is 12.6. The van der Waals surface area contributed by atoms with Gasteiger partial charge in [0.15, 0.2) is 0 Å². The van der Waals surface area contributed by atoms with Crippen LogP contribution in [0.25, 0.3) is 0 Å². The zero-order valence-electron chi connectivity index (χ0n) is 15.4. The van der Waals surface area contributed by atoms with Crippen LogP contribution in [0.2, 0.25) is 0 Å². The van der Waals surface area contributed by atoms with E-state index in [1.807, 2.05) is 30.3 Å². The van der Waals surface area contributed by atoms with E-state index in [9.17, 15) is 9.59 Å². The van der Waals surface area contributed by atoms with Crippen LogP contribution in [0.15, 0.2) is 36.7 Å². The van der Waals surface area contributed by atoms with Crippen LogP contribution < -0.4 is 26.8 Å². The lowest BCUT2D eigenvalue weighted by atomic mass is 9.89. The molecule has 2 aromatic rings. The Kier molecular flexibility index (Phi) is 5.60. The van der Waals surface area contributed by atoms with Crippen LogP contribution >= 0.6 is 0 Å². The van der Waals surface area contributed by atoms with E-state index >= 15 is 0 Å². The number of fused-ring (bicyclic) bond motifs is 1. The van der Waals surface area contributed by atoms with Gasteiger partial charge in [0.25, 0.3) is 0 Å². The van der Waals surface area contributed by atoms with Gasteiger partial charge in [-0.05, 0) is 18.5 Å². The van der Waals surface area contributed by atoms with Gasteiger partial charge >= 0.3 is 0 Å². The van der Waals surface area contributed by atoms with E-state index in [-0.39, 0.29) is 42.3 Å². The summed E-state index contributed by atoms with van der Waals surface area (Å²) in [6, 6.07) is 9.61. The fourth-order valence-electron chi connectivity index (χ4n) is 3.59. The minimum Gasteiger partial charge on any atom is -0.350 e. The van der Waals surface area contributed by atoms with Gasteiger partial charge < -0.3 is 10.6 Å². The van der Waals surface area contributed by atoms with Crippen LogP contribution in [0.3, 0.4) is 0 Å². The van der Waals surface area contributed by atoms with Crippen LogP contribution in [0.1, 0.15) is 12.0 Å². The zero-order chi connectivity index (χ0) is 19.3. The van der Waals surface area contributed by atoms with Crippen molar-refractivity contribution in [2.24, 2.45) is 5.92 Å². The first kappa shape index (κ1) is 18.5. The molecule has 28 heavy (non-hydrogen) atoms. The van der Waals surface area contributed by atoms with Crippen LogP contribution in [0.5, 0.6) is 0 Å². The smallest absolute Gasteiger partial charge is 0.248 e. The third kappa shape index (κ3) is 4.35. The Hall–Kier alpha value is -2.82. The molecule has 0 saturated carbocycles.